The fourth-order valence-electron chi connectivity index (χ4n) is 1.69. The van der Waals surface area contributed by atoms with Gasteiger partial charge in [-0.1, -0.05) is 48.0 Å². The molecule has 0 aliphatic carbocycles. The Bertz CT molecular complexity index is 672. The number of allylic oxidation sites excluding steroid dienone is 1. The summed E-state index contributed by atoms with van der Waals surface area (Å²) in [5.41, 5.74) is 7.61. The van der Waals surface area contributed by atoms with Crippen LogP contribution >= 0.6 is 11.6 Å². The van der Waals surface area contributed by atoms with E-state index in [2.05, 4.69) is 0 Å². The van der Waals surface area contributed by atoms with Crippen LogP contribution < -0.4 is 5.73 Å². The summed E-state index contributed by atoms with van der Waals surface area (Å²) in [5.74, 6) is -0.563. The summed E-state index contributed by atoms with van der Waals surface area (Å²) in [6.45, 7) is 0. The van der Waals surface area contributed by atoms with Crippen molar-refractivity contribution in [2.75, 3.05) is 0 Å². The molecule has 0 unspecified atom stereocenters. The first-order valence-corrected chi connectivity index (χ1v) is 5.92. The molecule has 2 aromatic carbocycles. The zero-order valence-electron chi connectivity index (χ0n) is 9.90. The van der Waals surface area contributed by atoms with Gasteiger partial charge in [0.1, 0.15) is 11.9 Å². The SMILES string of the molecule is N#C/C(=C(/N)c1ccc(Cl)c(F)c1)c1ccccc1. The van der Waals surface area contributed by atoms with Crippen molar-refractivity contribution in [3.63, 3.8) is 0 Å². The third kappa shape index (κ3) is 2.75. The minimum absolute atomic E-state index is 0.0229. The van der Waals surface area contributed by atoms with Crippen LogP contribution in [0.4, 0.5) is 4.39 Å². The summed E-state index contributed by atoms with van der Waals surface area (Å²) in [6.07, 6.45) is 0. The molecule has 2 nitrogen and oxygen atoms in total. The van der Waals surface area contributed by atoms with E-state index in [1.807, 2.05) is 24.3 Å². The van der Waals surface area contributed by atoms with Crippen LogP contribution in [0.15, 0.2) is 48.5 Å². The lowest BCUT2D eigenvalue weighted by molar-refractivity contribution is 0.628. The molecule has 19 heavy (non-hydrogen) atoms. The van der Waals surface area contributed by atoms with Crippen LogP contribution in [-0.2, 0) is 0 Å². The van der Waals surface area contributed by atoms with Crippen LogP contribution in [0.5, 0.6) is 0 Å². The van der Waals surface area contributed by atoms with Crippen LogP contribution in [0.25, 0.3) is 11.3 Å². The van der Waals surface area contributed by atoms with E-state index in [0.717, 1.165) is 0 Å². The molecule has 0 aromatic heterocycles. The molecular formula is C15H10ClFN2. The van der Waals surface area contributed by atoms with Crippen molar-refractivity contribution in [1.29, 1.82) is 5.26 Å². The number of nitriles is 1. The van der Waals surface area contributed by atoms with E-state index in [-0.39, 0.29) is 10.7 Å². The second-order valence-electron chi connectivity index (χ2n) is 3.90. The Balaban J connectivity index is 2.56. The number of benzene rings is 2. The predicted molar refractivity (Wildman–Crippen MR) is 74.5 cm³/mol. The maximum absolute atomic E-state index is 13.4. The molecule has 0 spiro atoms. The molecule has 4 heteroatoms. The van der Waals surface area contributed by atoms with E-state index in [4.69, 9.17) is 17.3 Å². The van der Waals surface area contributed by atoms with Crippen LogP contribution in [0.3, 0.4) is 0 Å². The Morgan fingerprint density at radius 3 is 2.37 bits per heavy atom. The van der Waals surface area contributed by atoms with Crippen LogP contribution in [0.2, 0.25) is 5.02 Å². The summed E-state index contributed by atoms with van der Waals surface area (Å²) in [6, 6.07) is 15.3. The van der Waals surface area contributed by atoms with E-state index in [1.165, 1.54) is 12.1 Å². The van der Waals surface area contributed by atoms with Crippen LogP contribution in [-0.4, -0.2) is 0 Å². The molecule has 0 amide bonds. The van der Waals surface area contributed by atoms with Crippen molar-refractivity contribution in [3.05, 3.63) is 70.5 Å². The van der Waals surface area contributed by atoms with Crippen molar-refractivity contribution in [3.8, 4) is 6.07 Å². The molecule has 0 saturated heterocycles. The number of hydrogen-bond donors (Lipinski definition) is 1. The van der Waals surface area contributed by atoms with E-state index >= 15 is 0 Å². The second-order valence-corrected chi connectivity index (χ2v) is 4.30. The van der Waals surface area contributed by atoms with Gasteiger partial charge in [0.05, 0.1) is 16.3 Å². The molecule has 0 radical (unpaired) electrons. The normalized spacial score (nSPS) is 11.6. The molecular weight excluding hydrogens is 263 g/mol. The fourth-order valence-corrected chi connectivity index (χ4v) is 1.81. The van der Waals surface area contributed by atoms with Crippen molar-refractivity contribution in [2.24, 2.45) is 5.73 Å². The zero-order valence-corrected chi connectivity index (χ0v) is 10.7. The van der Waals surface area contributed by atoms with Gasteiger partial charge in [0.25, 0.3) is 0 Å². The first kappa shape index (κ1) is 13.1. The molecule has 0 bridgehead atoms. The van der Waals surface area contributed by atoms with Crippen molar-refractivity contribution in [1.82, 2.24) is 0 Å². The smallest absolute Gasteiger partial charge is 0.142 e. The van der Waals surface area contributed by atoms with Crippen molar-refractivity contribution in [2.45, 2.75) is 0 Å². The maximum Gasteiger partial charge on any atom is 0.142 e. The Morgan fingerprint density at radius 2 is 1.79 bits per heavy atom. The molecule has 0 heterocycles. The molecule has 0 saturated carbocycles. The molecule has 2 N–H and O–H groups in total. The topological polar surface area (TPSA) is 49.8 Å². The third-order valence-electron chi connectivity index (χ3n) is 2.67. The van der Waals surface area contributed by atoms with Crippen molar-refractivity contribution >= 4 is 22.9 Å². The summed E-state index contributed by atoms with van der Waals surface area (Å²) in [7, 11) is 0. The van der Waals surface area contributed by atoms with Gasteiger partial charge >= 0.3 is 0 Å². The Labute approximate surface area is 115 Å². The van der Waals surface area contributed by atoms with Gasteiger partial charge in [-0.15, -0.1) is 0 Å². The first-order valence-electron chi connectivity index (χ1n) is 5.54. The van der Waals surface area contributed by atoms with Gasteiger partial charge in [0, 0.05) is 5.56 Å². The lowest BCUT2D eigenvalue weighted by atomic mass is 10.0. The van der Waals surface area contributed by atoms with Gasteiger partial charge < -0.3 is 5.73 Å². The number of hydrogen-bond acceptors (Lipinski definition) is 2. The highest BCUT2D eigenvalue weighted by molar-refractivity contribution is 6.30. The molecule has 94 valence electrons. The minimum atomic E-state index is -0.563. The lowest BCUT2D eigenvalue weighted by Gasteiger charge is -2.07. The fraction of sp³-hybridized carbons (Fsp3) is 0. The summed E-state index contributed by atoms with van der Waals surface area (Å²) in [5, 5.41) is 9.25. The zero-order chi connectivity index (χ0) is 13.8. The Kier molecular flexibility index (Phi) is 3.84. The number of halogens is 2. The van der Waals surface area contributed by atoms with E-state index in [9.17, 15) is 9.65 Å². The minimum Gasteiger partial charge on any atom is -0.397 e. The summed E-state index contributed by atoms with van der Waals surface area (Å²) >= 11 is 5.62. The maximum atomic E-state index is 13.4. The molecule has 0 fully saturated rings. The van der Waals surface area contributed by atoms with Gasteiger partial charge in [0.2, 0.25) is 0 Å². The van der Waals surface area contributed by atoms with E-state index in [0.29, 0.717) is 16.7 Å². The quantitative estimate of drug-likeness (QED) is 0.667. The largest absolute Gasteiger partial charge is 0.397 e. The van der Waals surface area contributed by atoms with E-state index < -0.39 is 5.82 Å². The molecule has 0 aliphatic rings. The summed E-state index contributed by atoms with van der Waals surface area (Å²) in [4.78, 5) is 0. The standard InChI is InChI=1S/C15H10ClFN2/c16-13-7-6-11(8-14(13)17)15(19)12(9-18)10-4-2-1-3-5-10/h1-8H,19H2/b15-12-. The highest BCUT2D eigenvalue weighted by atomic mass is 35.5. The molecule has 2 aromatic rings. The van der Waals surface area contributed by atoms with Gasteiger partial charge in [0.15, 0.2) is 0 Å². The molecule has 0 aliphatic heterocycles. The van der Waals surface area contributed by atoms with Crippen LogP contribution in [0.1, 0.15) is 11.1 Å². The van der Waals surface area contributed by atoms with E-state index in [1.54, 1.807) is 18.2 Å². The molecule has 0 atom stereocenters. The first-order chi connectivity index (χ1) is 9.13. The van der Waals surface area contributed by atoms with Gasteiger partial charge in [-0.05, 0) is 17.7 Å². The van der Waals surface area contributed by atoms with Crippen LogP contribution in [0, 0.1) is 17.1 Å². The molecule has 2 rings (SSSR count). The second kappa shape index (κ2) is 5.55. The Morgan fingerprint density at radius 1 is 1.11 bits per heavy atom. The average molecular weight is 273 g/mol. The average Bonchev–Trinajstić information content (AvgIpc) is 2.44. The number of nitrogens with zero attached hydrogens (tertiary/aromatic N) is 1. The highest BCUT2D eigenvalue weighted by Crippen LogP contribution is 2.24. The monoisotopic (exact) mass is 272 g/mol. The van der Waals surface area contributed by atoms with Gasteiger partial charge in [-0.25, -0.2) is 4.39 Å². The Hall–Kier alpha value is -2.31. The van der Waals surface area contributed by atoms with Gasteiger partial charge in [-0.2, -0.15) is 5.26 Å². The third-order valence-corrected chi connectivity index (χ3v) is 2.98. The number of rotatable bonds is 2. The van der Waals surface area contributed by atoms with Gasteiger partial charge in [-0.3, -0.25) is 0 Å². The van der Waals surface area contributed by atoms with Crippen molar-refractivity contribution < 1.29 is 4.39 Å². The highest BCUT2D eigenvalue weighted by Gasteiger charge is 2.10. The predicted octanol–water partition coefficient (Wildman–Crippen LogP) is 3.83. The summed E-state index contributed by atoms with van der Waals surface area (Å²) < 4.78 is 13.4. The number of nitrogens with two attached hydrogens (primary N) is 1. The lowest BCUT2D eigenvalue weighted by Crippen LogP contribution is -2.01.